The second-order valence-corrected chi connectivity index (χ2v) is 10.3. The monoisotopic (exact) mass is 479 g/mol. The number of fused-ring (bicyclic) bond motifs is 1. The predicted molar refractivity (Wildman–Crippen MR) is 133 cm³/mol. The summed E-state index contributed by atoms with van der Waals surface area (Å²) in [7, 11) is 0. The molecule has 0 radical (unpaired) electrons. The third-order valence-corrected chi connectivity index (χ3v) is 7.91. The number of benzene rings is 1. The first-order chi connectivity index (χ1) is 16.4. The first-order valence-electron chi connectivity index (χ1n) is 11.8. The van der Waals surface area contributed by atoms with E-state index in [1.165, 1.54) is 6.20 Å². The Balaban J connectivity index is 1.37. The molecule has 178 valence electrons. The van der Waals surface area contributed by atoms with Gasteiger partial charge in [-0.1, -0.05) is 19.9 Å². The summed E-state index contributed by atoms with van der Waals surface area (Å²) in [6, 6.07) is 7.83. The van der Waals surface area contributed by atoms with Crippen molar-refractivity contribution in [3.05, 3.63) is 46.6 Å². The zero-order valence-electron chi connectivity index (χ0n) is 19.4. The Morgan fingerprint density at radius 2 is 2.09 bits per heavy atom. The van der Waals surface area contributed by atoms with Gasteiger partial charge in [0.2, 0.25) is 0 Å². The van der Waals surface area contributed by atoms with E-state index in [9.17, 15) is 9.59 Å². The van der Waals surface area contributed by atoms with Gasteiger partial charge in [-0.05, 0) is 54.5 Å². The number of nitrogens with two attached hydrogens (primary N) is 1. The van der Waals surface area contributed by atoms with Crippen LogP contribution in [-0.2, 0) is 20.7 Å². The number of carbonyl (C=O) groups is 2. The molecule has 2 aliphatic rings. The zero-order valence-corrected chi connectivity index (χ0v) is 20.2. The lowest BCUT2D eigenvalue weighted by Crippen LogP contribution is -2.46. The molecule has 2 atom stereocenters. The van der Waals surface area contributed by atoms with Gasteiger partial charge in [-0.2, -0.15) is 0 Å². The van der Waals surface area contributed by atoms with Crippen LogP contribution in [0.4, 0.5) is 11.5 Å². The van der Waals surface area contributed by atoms with Crippen molar-refractivity contribution in [2.45, 2.75) is 45.1 Å². The van der Waals surface area contributed by atoms with Crippen LogP contribution in [0, 0.1) is 5.92 Å². The average Bonchev–Trinajstić information content (AvgIpc) is 3.20. The molecule has 4 heterocycles. The van der Waals surface area contributed by atoms with E-state index in [-0.39, 0.29) is 6.04 Å². The van der Waals surface area contributed by atoms with Gasteiger partial charge in [0.05, 0.1) is 47.3 Å². The predicted octanol–water partition coefficient (Wildman–Crippen LogP) is 3.89. The van der Waals surface area contributed by atoms with Crippen molar-refractivity contribution in [1.29, 1.82) is 0 Å². The number of rotatable bonds is 4. The summed E-state index contributed by atoms with van der Waals surface area (Å²) in [5.41, 5.74) is 9.13. The van der Waals surface area contributed by atoms with Crippen LogP contribution in [0.2, 0.25) is 0 Å². The number of amides is 2. The number of hydrogen-bond acceptors (Lipinski definition) is 7. The van der Waals surface area contributed by atoms with Crippen LogP contribution in [-0.4, -0.2) is 46.4 Å². The Bertz CT molecular complexity index is 1240. The van der Waals surface area contributed by atoms with Crippen molar-refractivity contribution in [3.8, 4) is 0 Å². The summed E-state index contributed by atoms with van der Waals surface area (Å²) in [5.74, 6) is -0.0469. The van der Waals surface area contributed by atoms with Crippen molar-refractivity contribution in [1.82, 2.24) is 14.9 Å². The van der Waals surface area contributed by atoms with Crippen LogP contribution >= 0.6 is 11.3 Å². The largest absolute Gasteiger partial charge is 0.383 e. The number of aryl methyl sites for hydroxylation is 1. The van der Waals surface area contributed by atoms with E-state index in [0.29, 0.717) is 36.3 Å². The lowest BCUT2D eigenvalue weighted by molar-refractivity contribution is -0.146. The third-order valence-electron chi connectivity index (χ3n) is 6.71. The summed E-state index contributed by atoms with van der Waals surface area (Å²) < 4.78 is 6.45. The number of piperidine rings is 1. The molecule has 5 rings (SSSR count). The number of ether oxygens (including phenoxy) is 1. The van der Waals surface area contributed by atoms with Crippen LogP contribution in [0.15, 0.2) is 30.5 Å². The zero-order chi connectivity index (χ0) is 23.8. The van der Waals surface area contributed by atoms with Gasteiger partial charge < -0.3 is 20.7 Å². The lowest BCUT2D eigenvalue weighted by atomic mass is 9.89. The summed E-state index contributed by atoms with van der Waals surface area (Å²) in [6.07, 6.45) is 3.98. The number of thiazole rings is 1. The van der Waals surface area contributed by atoms with Gasteiger partial charge in [-0.15, -0.1) is 11.3 Å². The standard InChI is InChI=1S/C25H29N5O3S/c1-3-15-8-18(10-27-22(15)26)28-23(31)25(32)30-11-14(2)4-6-20(30)16-5-7-21-19(9-16)29-24(34-21)17-12-33-13-17/h5,7-10,14,17,20H,3-4,6,11-13H2,1-2H3,(H2,26,27)(H,28,31)/t14-,20+/m0/s1. The second kappa shape index (κ2) is 9.31. The van der Waals surface area contributed by atoms with Gasteiger partial charge in [0.15, 0.2) is 0 Å². The first-order valence-corrected chi connectivity index (χ1v) is 12.6. The van der Waals surface area contributed by atoms with Crippen molar-refractivity contribution >= 4 is 44.9 Å². The van der Waals surface area contributed by atoms with Crippen molar-refractivity contribution < 1.29 is 14.3 Å². The molecule has 34 heavy (non-hydrogen) atoms. The van der Waals surface area contributed by atoms with Crippen LogP contribution in [0.1, 0.15) is 54.8 Å². The Morgan fingerprint density at radius 3 is 2.82 bits per heavy atom. The number of hydrogen-bond donors (Lipinski definition) is 2. The van der Waals surface area contributed by atoms with Crippen LogP contribution in [0.5, 0.6) is 0 Å². The van der Waals surface area contributed by atoms with Gasteiger partial charge in [-0.3, -0.25) is 9.59 Å². The first kappa shape index (κ1) is 22.7. The van der Waals surface area contributed by atoms with Gasteiger partial charge in [0.25, 0.3) is 0 Å². The molecular weight excluding hydrogens is 450 g/mol. The molecule has 8 nitrogen and oxygen atoms in total. The Hall–Kier alpha value is -3.04. The number of aromatic nitrogens is 2. The SMILES string of the molecule is CCc1cc(NC(=O)C(=O)N2C[C@@H](C)CC[C@@H]2c2ccc3sc(C4COC4)nc3c2)cnc1N. The van der Waals surface area contributed by atoms with E-state index >= 15 is 0 Å². The molecule has 2 aliphatic heterocycles. The number of nitrogens with zero attached hydrogens (tertiary/aromatic N) is 3. The van der Waals surface area contributed by atoms with E-state index in [2.05, 4.69) is 35.4 Å². The molecule has 0 saturated carbocycles. The highest BCUT2D eigenvalue weighted by atomic mass is 32.1. The minimum absolute atomic E-state index is 0.160. The minimum Gasteiger partial charge on any atom is -0.383 e. The van der Waals surface area contributed by atoms with E-state index in [4.69, 9.17) is 15.5 Å². The number of pyridine rings is 1. The molecule has 0 aliphatic carbocycles. The third kappa shape index (κ3) is 4.37. The molecule has 2 saturated heterocycles. The molecule has 0 spiro atoms. The van der Waals surface area contributed by atoms with E-state index < -0.39 is 11.8 Å². The maximum Gasteiger partial charge on any atom is 0.313 e. The summed E-state index contributed by atoms with van der Waals surface area (Å²) in [6.45, 7) is 6.08. The minimum atomic E-state index is -0.658. The van der Waals surface area contributed by atoms with Crippen molar-refractivity contribution in [2.24, 2.45) is 5.92 Å². The van der Waals surface area contributed by atoms with Crippen LogP contribution in [0.3, 0.4) is 0 Å². The number of carbonyl (C=O) groups excluding carboxylic acids is 2. The molecule has 2 amide bonds. The van der Waals surface area contributed by atoms with Gasteiger partial charge in [0, 0.05) is 6.54 Å². The highest BCUT2D eigenvalue weighted by molar-refractivity contribution is 7.18. The van der Waals surface area contributed by atoms with Gasteiger partial charge in [-0.25, -0.2) is 9.97 Å². The lowest BCUT2D eigenvalue weighted by Gasteiger charge is -2.38. The quantitative estimate of drug-likeness (QED) is 0.550. The van der Waals surface area contributed by atoms with E-state index in [1.54, 1.807) is 22.3 Å². The molecule has 2 fully saturated rings. The fourth-order valence-corrected chi connectivity index (χ4v) is 5.65. The molecule has 1 aromatic carbocycles. The van der Waals surface area contributed by atoms with Crippen molar-refractivity contribution in [3.63, 3.8) is 0 Å². The normalized spacial score (nSPS) is 20.8. The summed E-state index contributed by atoms with van der Waals surface area (Å²) in [5, 5.41) is 3.82. The topological polar surface area (TPSA) is 110 Å². The highest BCUT2D eigenvalue weighted by Crippen LogP contribution is 2.37. The highest BCUT2D eigenvalue weighted by Gasteiger charge is 2.34. The van der Waals surface area contributed by atoms with E-state index in [1.807, 2.05) is 6.92 Å². The fourth-order valence-electron chi connectivity index (χ4n) is 4.63. The molecule has 9 heteroatoms. The smallest absolute Gasteiger partial charge is 0.313 e. The Morgan fingerprint density at radius 1 is 1.26 bits per heavy atom. The van der Waals surface area contributed by atoms with E-state index in [0.717, 1.165) is 52.4 Å². The van der Waals surface area contributed by atoms with Crippen LogP contribution in [0.25, 0.3) is 10.2 Å². The molecule has 3 N–H and O–H groups in total. The van der Waals surface area contributed by atoms with Crippen molar-refractivity contribution in [2.75, 3.05) is 30.8 Å². The summed E-state index contributed by atoms with van der Waals surface area (Å²) >= 11 is 1.70. The van der Waals surface area contributed by atoms with Gasteiger partial charge in [0.1, 0.15) is 10.8 Å². The average molecular weight is 480 g/mol. The number of nitrogen functional groups attached to an aromatic ring is 1. The maximum atomic E-state index is 13.3. The molecule has 0 bridgehead atoms. The fraction of sp³-hybridized carbons (Fsp3) is 0.440. The Kier molecular flexibility index (Phi) is 6.22. The second-order valence-electron chi connectivity index (χ2n) is 9.25. The summed E-state index contributed by atoms with van der Waals surface area (Å²) in [4.78, 5) is 36.9. The number of nitrogens with one attached hydrogen (secondary N) is 1. The molecule has 0 unspecified atom stereocenters. The van der Waals surface area contributed by atoms with Gasteiger partial charge >= 0.3 is 11.8 Å². The number of anilines is 2. The maximum absolute atomic E-state index is 13.3. The molecule has 3 aromatic rings. The number of likely N-dealkylation sites (tertiary alicyclic amines) is 1. The molecule has 2 aromatic heterocycles. The Labute approximate surface area is 202 Å². The molecular formula is C25H29N5O3S. The van der Waals surface area contributed by atoms with Crippen LogP contribution < -0.4 is 11.1 Å².